The molecular weight excluding hydrogens is 300 g/mol. The van der Waals surface area contributed by atoms with Gasteiger partial charge >= 0.3 is 11.8 Å². The first kappa shape index (κ1) is 16.1. The molecule has 22 heavy (non-hydrogen) atoms. The standard InChI is InChI=1S/C15H18N4O2S/c1-19(2)13(11-5-8-22-10-11)9-17-14(20)15(21)18-12-3-6-16-7-4-12/h3-8,10,13H,9H2,1-2H3,(H,17,20)(H,16,18,21). The number of nitrogens with zero attached hydrogens (tertiary/aromatic N) is 2. The molecule has 2 aromatic heterocycles. The molecule has 2 rings (SSSR count). The zero-order chi connectivity index (χ0) is 15.9. The van der Waals surface area contributed by atoms with Gasteiger partial charge in [-0.3, -0.25) is 14.6 Å². The van der Waals surface area contributed by atoms with Crippen LogP contribution in [0.2, 0.25) is 0 Å². The minimum atomic E-state index is -0.686. The van der Waals surface area contributed by atoms with E-state index in [9.17, 15) is 9.59 Å². The van der Waals surface area contributed by atoms with Crippen LogP contribution in [0.3, 0.4) is 0 Å². The van der Waals surface area contributed by atoms with Gasteiger partial charge in [-0.1, -0.05) is 0 Å². The number of amides is 2. The van der Waals surface area contributed by atoms with Gasteiger partial charge in [0, 0.05) is 24.6 Å². The minimum absolute atomic E-state index is 0.0314. The number of pyridine rings is 1. The zero-order valence-electron chi connectivity index (χ0n) is 12.4. The van der Waals surface area contributed by atoms with E-state index >= 15 is 0 Å². The van der Waals surface area contributed by atoms with Crippen molar-refractivity contribution in [3.8, 4) is 0 Å². The van der Waals surface area contributed by atoms with Gasteiger partial charge in [-0.15, -0.1) is 0 Å². The number of carbonyl (C=O) groups excluding carboxylic acids is 2. The monoisotopic (exact) mass is 318 g/mol. The van der Waals surface area contributed by atoms with Gasteiger partial charge in [0.05, 0.1) is 6.04 Å². The maximum absolute atomic E-state index is 11.9. The fraction of sp³-hybridized carbons (Fsp3) is 0.267. The minimum Gasteiger partial charge on any atom is -0.346 e. The summed E-state index contributed by atoms with van der Waals surface area (Å²) in [5.41, 5.74) is 1.65. The second kappa shape index (κ2) is 7.67. The summed E-state index contributed by atoms with van der Waals surface area (Å²) in [5.74, 6) is -1.34. The van der Waals surface area contributed by atoms with E-state index in [1.165, 1.54) is 0 Å². The second-order valence-electron chi connectivity index (χ2n) is 4.94. The molecule has 2 heterocycles. The molecule has 2 amide bonds. The fourth-order valence-electron chi connectivity index (χ4n) is 1.96. The largest absolute Gasteiger partial charge is 0.346 e. The summed E-state index contributed by atoms with van der Waals surface area (Å²) in [5, 5.41) is 9.22. The molecule has 0 aliphatic rings. The Morgan fingerprint density at radius 1 is 1.23 bits per heavy atom. The maximum Gasteiger partial charge on any atom is 0.313 e. The molecular formula is C15H18N4O2S. The first-order valence-electron chi connectivity index (χ1n) is 6.75. The van der Waals surface area contributed by atoms with E-state index in [0.29, 0.717) is 12.2 Å². The molecule has 0 saturated heterocycles. The van der Waals surface area contributed by atoms with Crippen molar-refractivity contribution < 1.29 is 9.59 Å². The topological polar surface area (TPSA) is 74.3 Å². The summed E-state index contributed by atoms with van der Waals surface area (Å²) < 4.78 is 0. The summed E-state index contributed by atoms with van der Waals surface area (Å²) in [4.78, 5) is 29.6. The highest BCUT2D eigenvalue weighted by atomic mass is 32.1. The Hall–Kier alpha value is -2.25. The molecule has 0 saturated carbocycles. The number of hydrogen-bond donors (Lipinski definition) is 2. The number of hydrogen-bond acceptors (Lipinski definition) is 5. The van der Waals surface area contributed by atoms with E-state index < -0.39 is 11.8 Å². The van der Waals surface area contributed by atoms with E-state index in [-0.39, 0.29) is 6.04 Å². The predicted octanol–water partition coefficient (Wildman–Crippen LogP) is 1.50. The van der Waals surface area contributed by atoms with E-state index in [1.807, 2.05) is 35.8 Å². The van der Waals surface area contributed by atoms with Gasteiger partial charge in [0.15, 0.2) is 0 Å². The quantitative estimate of drug-likeness (QED) is 0.819. The highest BCUT2D eigenvalue weighted by Gasteiger charge is 2.19. The molecule has 2 aromatic rings. The molecule has 2 N–H and O–H groups in total. The zero-order valence-corrected chi connectivity index (χ0v) is 13.3. The molecule has 0 bridgehead atoms. The molecule has 0 fully saturated rings. The third-order valence-electron chi connectivity index (χ3n) is 3.15. The summed E-state index contributed by atoms with van der Waals surface area (Å²) >= 11 is 1.60. The van der Waals surface area contributed by atoms with Crippen LogP contribution in [0.15, 0.2) is 41.4 Å². The summed E-state index contributed by atoms with van der Waals surface area (Å²) in [6, 6.07) is 5.29. The van der Waals surface area contributed by atoms with E-state index in [4.69, 9.17) is 0 Å². The lowest BCUT2D eigenvalue weighted by molar-refractivity contribution is -0.136. The van der Waals surface area contributed by atoms with Crippen LogP contribution in [-0.2, 0) is 9.59 Å². The normalized spacial score (nSPS) is 12.0. The smallest absolute Gasteiger partial charge is 0.313 e. The molecule has 6 nitrogen and oxygen atoms in total. The maximum atomic E-state index is 11.9. The van der Waals surface area contributed by atoms with Crippen molar-refractivity contribution in [1.29, 1.82) is 0 Å². The number of rotatable bonds is 5. The van der Waals surface area contributed by atoms with Gasteiger partial charge in [-0.25, -0.2) is 0 Å². The SMILES string of the molecule is CN(C)C(CNC(=O)C(=O)Nc1ccncc1)c1ccsc1. The van der Waals surface area contributed by atoms with Crippen LogP contribution in [0.5, 0.6) is 0 Å². The molecule has 1 atom stereocenters. The van der Waals surface area contributed by atoms with Crippen molar-refractivity contribution >= 4 is 28.8 Å². The lowest BCUT2D eigenvalue weighted by Crippen LogP contribution is -2.40. The van der Waals surface area contributed by atoms with Crippen LogP contribution in [0.4, 0.5) is 5.69 Å². The molecule has 0 aliphatic heterocycles. The van der Waals surface area contributed by atoms with Crippen molar-refractivity contribution in [2.24, 2.45) is 0 Å². The number of nitrogens with one attached hydrogen (secondary N) is 2. The Bertz CT molecular complexity index is 614. The average Bonchev–Trinajstić information content (AvgIpc) is 3.02. The average molecular weight is 318 g/mol. The highest BCUT2D eigenvalue weighted by molar-refractivity contribution is 7.07. The van der Waals surface area contributed by atoms with Gasteiger partial charge in [-0.2, -0.15) is 11.3 Å². The van der Waals surface area contributed by atoms with Crippen molar-refractivity contribution in [2.75, 3.05) is 26.0 Å². The first-order chi connectivity index (χ1) is 10.6. The third-order valence-corrected chi connectivity index (χ3v) is 3.85. The summed E-state index contributed by atoms with van der Waals surface area (Å²) in [6.45, 7) is 0.367. The Balaban J connectivity index is 1.89. The van der Waals surface area contributed by atoms with E-state index in [2.05, 4.69) is 15.6 Å². The molecule has 0 spiro atoms. The van der Waals surface area contributed by atoms with Crippen LogP contribution >= 0.6 is 11.3 Å². The fourth-order valence-corrected chi connectivity index (χ4v) is 2.66. The van der Waals surface area contributed by atoms with Crippen LogP contribution in [0.1, 0.15) is 11.6 Å². The Kier molecular flexibility index (Phi) is 5.62. The van der Waals surface area contributed by atoms with Gasteiger partial charge in [0.25, 0.3) is 0 Å². The summed E-state index contributed by atoms with van der Waals surface area (Å²) in [7, 11) is 3.87. The van der Waals surface area contributed by atoms with Gasteiger partial charge in [-0.05, 0) is 48.6 Å². The first-order valence-corrected chi connectivity index (χ1v) is 7.70. The Morgan fingerprint density at radius 2 is 1.95 bits per heavy atom. The molecule has 116 valence electrons. The number of anilines is 1. The number of likely N-dealkylation sites (N-methyl/N-ethyl adjacent to an activating group) is 1. The molecule has 1 unspecified atom stereocenters. The van der Waals surface area contributed by atoms with E-state index in [0.717, 1.165) is 5.56 Å². The van der Waals surface area contributed by atoms with Gasteiger partial charge in [0.1, 0.15) is 0 Å². The van der Waals surface area contributed by atoms with Gasteiger partial charge < -0.3 is 15.5 Å². The molecule has 0 aliphatic carbocycles. The van der Waals surface area contributed by atoms with Crippen molar-refractivity contribution in [3.05, 3.63) is 46.9 Å². The predicted molar refractivity (Wildman–Crippen MR) is 86.6 cm³/mol. The van der Waals surface area contributed by atoms with Crippen molar-refractivity contribution in [3.63, 3.8) is 0 Å². The Morgan fingerprint density at radius 3 is 2.55 bits per heavy atom. The van der Waals surface area contributed by atoms with Crippen LogP contribution in [0.25, 0.3) is 0 Å². The highest BCUT2D eigenvalue weighted by Crippen LogP contribution is 2.19. The van der Waals surface area contributed by atoms with Gasteiger partial charge in [0.2, 0.25) is 0 Å². The number of thiophene rings is 1. The van der Waals surface area contributed by atoms with Crippen molar-refractivity contribution in [1.82, 2.24) is 15.2 Å². The van der Waals surface area contributed by atoms with Crippen LogP contribution < -0.4 is 10.6 Å². The number of carbonyl (C=O) groups is 2. The number of aromatic nitrogens is 1. The van der Waals surface area contributed by atoms with Crippen LogP contribution in [-0.4, -0.2) is 42.3 Å². The van der Waals surface area contributed by atoms with Crippen LogP contribution in [0, 0.1) is 0 Å². The van der Waals surface area contributed by atoms with E-state index in [1.54, 1.807) is 35.9 Å². The third kappa shape index (κ3) is 4.37. The van der Waals surface area contributed by atoms with Crippen molar-refractivity contribution in [2.45, 2.75) is 6.04 Å². The Labute approximate surface area is 133 Å². The molecule has 7 heteroatoms. The lowest BCUT2D eigenvalue weighted by Gasteiger charge is -2.23. The second-order valence-corrected chi connectivity index (χ2v) is 5.72. The molecule has 0 aromatic carbocycles. The summed E-state index contributed by atoms with van der Waals surface area (Å²) in [6.07, 6.45) is 3.10. The molecule has 0 radical (unpaired) electrons. The lowest BCUT2D eigenvalue weighted by atomic mass is 10.1.